The van der Waals surface area contributed by atoms with Gasteiger partial charge in [0.2, 0.25) is 5.16 Å². The molecule has 0 bridgehead atoms. The molecule has 1 N–H and O–H groups in total. The molecule has 118 valence electrons. The molecule has 2 aromatic rings. The van der Waals surface area contributed by atoms with Crippen LogP contribution in [0, 0.1) is 0 Å². The molecule has 1 aromatic carbocycles. The Morgan fingerprint density at radius 1 is 1.27 bits per heavy atom. The van der Waals surface area contributed by atoms with Crippen molar-refractivity contribution >= 4 is 16.6 Å². The second-order valence-corrected chi connectivity index (χ2v) is 6.70. The van der Waals surface area contributed by atoms with Crippen LogP contribution >= 0.6 is 10.6 Å². The largest absolute Gasteiger partial charge is 0.461 e. The minimum absolute atomic E-state index is 0.0917. The van der Waals surface area contributed by atoms with Crippen molar-refractivity contribution in [2.24, 2.45) is 0 Å². The summed E-state index contributed by atoms with van der Waals surface area (Å²) in [7, 11) is -2.66. The highest BCUT2D eigenvalue weighted by Gasteiger charge is 2.20. The Kier molecular flexibility index (Phi) is 5.48. The fourth-order valence-electron chi connectivity index (χ4n) is 1.65. The van der Waals surface area contributed by atoms with Crippen LogP contribution < -0.4 is 0 Å². The van der Waals surface area contributed by atoms with Crippen molar-refractivity contribution in [1.29, 1.82) is 0 Å². The maximum atomic E-state index is 11.7. The van der Waals surface area contributed by atoms with Gasteiger partial charge in [0, 0.05) is 12.5 Å². The molecule has 0 aliphatic carbocycles. The van der Waals surface area contributed by atoms with Crippen molar-refractivity contribution in [3.8, 4) is 0 Å². The summed E-state index contributed by atoms with van der Waals surface area (Å²) in [4.78, 5) is 19.7. The maximum Gasteiger partial charge on any atom is 0.357 e. The first-order valence-electron chi connectivity index (χ1n) is 6.72. The molecule has 0 amide bonds. The Balaban J connectivity index is 2.11. The van der Waals surface area contributed by atoms with E-state index in [9.17, 15) is 9.35 Å². The number of hydrogen-bond acceptors (Lipinski definition) is 6. The van der Waals surface area contributed by atoms with E-state index < -0.39 is 16.6 Å². The molecule has 1 aromatic heterocycles. The van der Waals surface area contributed by atoms with Crippen LogP contribution in [-0.2, 0) is 15.5 Å². The lowest BCUT2D eigenvalue weighted by Gasteiger charge is -2.31. The van der Waals surface area contributed by atoms with Crippen LogP contribution in [0.4, 0.5) is 0 Å². The molecule has 0 saturated heterocycles. The fraction of sp³-hybridized carbons (Fsp3) is 0.267. The molecule has 1 atom stereocenters. The van der Waals surface area contributed by atoms with Gasteiger partial charge in [-0.05, 0) is 18.6 Å². The van der Waals surface area contributed by atoms with Crippen LogP contribution in [0.3, 0.4) is 0 Å². The zero-order chi connectivity index (χ0) is 16.0. The number of carbonyl (C=O) groups is 1. The summed E-state index contributed by atoms with van der Waals surface area (Å²) in [5.74, 6) is -0.551. The number of esters is 1. The van der Waals surface area contributed by atoms with E-state index in [1.807, 2.05) is 30.3 Å². The van der Waals surface area contributed by atoms with Gasteiger partial charge in [0.1, 0.15) is 0 Å². The van der Waals surface area contributed by atoms with E-state index in [2.05, 4.69) is 9.97 Å². The average Bonchev–Trinajstić information content (AvgIpc) is 2.54. The third-order valence-electron chi connectivity index (χ3n) is 2.75. The summed E-state index contributed by atoms with van der Waals surface area (Å²) in [5, 5.41) is 0.0917. The first kappa shape index (κ1) is 16.4. The number of carbonyl (C=O) groups excluding carboxylic acids is 1. The maximum absolute atomic E-state index is 11.7. The minimum Gasteiger partial charge on any atom is -0.461 e. The molecule has 1 unspecified atom stereocenters. The highest BCUT2D eigenvalue weighted by atomic mass is 32.3. The van der Waals surface area contributed by atoms with Crippen LogP contribution in [-0.4, -0.2) is 33.4 Å². The van der Waals surface area contributed by atoms with Gasteiger partial charge >= 0.3 is 5.97 Å². The highest BCUT2D eigenvalue weighted by molar-refractivity contribution is 8.24. The zero-order valence-electron chi connectivity index (χ0n) is 12.4. The van der Waals surface area contributed by atoms with Crippen LogP contribution in [0.1, 0.15) is 23.0 Å². The van der Waals surface area contributed by atoms with Gasteiger partial charge in [-0.15, -0.1) is 10.6 Å². The minimum atomic E-state index is -2.66. The van der Waals surface area contributed by atoms with Gasteiger partial charge in [-0.1, -0.05) is 30.3 Å². The predicted octanol–water partition coefficient (Wildman–Crippen LogP) is 3.05. The molecule has 0 fully saturated rings. The standard InChI is InChI=1S/C15H18N2O4S/c1-3-20-14(18)13-9-10-16-15(17-13)22(2,19)21-11-12-7-5-4-6-8-12/h4-10,19H,3,11H2,1-2H3. The van der Waals surface area contributed by atoms with E-state index in [-0.39, 0.29) is 24.1 Å². The van der Waals surface area contributed by atoms with Crippen molar-refractivity contribution in [1.82, 2.24) is 9.97 Å². The normalized spacial score (nSPS) is 14.9. The van der Waals surface area contributed by atoms with Crippen molar-refractivity contribution in [2.45, 2.75) is 18.7 Å². The first-order chi connectivity index (χ1) is 10.5. The fourth-order valence-corrected chi connectivity index (χ4v) is 2.65. The van der Waals surface area contributed by atoms with E-state index in [4.69, 9.17) is 8.92 Å². The third-order valence-corrected chi connectivity index (χ3v) is 4.21. The van der Waals surface area contributed by atoms with Gasteiger partial charge in [-0.2, -0.15) is 0 Å². The summed E-state index contributed by atoms with van der Waals surface area (Å²) < 4.78 is 20.9. The van der Waals surface area contributed by atoms with Gasteiger partial charge in [0.25, 0.3) is 0 Å². The zero-order valence-corrected chi connectivity index (χ0v) is 13.2. The van der Waals surface area contributed by atoms with E-state index >= 15 is 0 Å². The average molecular weight is 322 g/mol. The van der Waals surface area contributed by atoms with E-state index in [0.29, 0.717) is 0 Å². The summed E-state index contributed by atoms with van der Waals surface area (Å²) in [6, 6.07) is 10.9. The SMILES string of the molecule is CCOC(=O)c1ccnc(S(C)(O)OCc2ccccc2)n1. The lowest BCUT2D eigenvalue weighted by Crippen LogP contribution is -2.12. The summed E-state index contributed by atoms with van der Waals surface area (Å²) in [6.07, 6.45) is 2.92. The van der Waals surface area contributed by atoms with Gasteiger partial charge < -0.3 is 4.74 Å². The Labute approximate surface area is 130 Å². The lowest BCUT2D eigenvalue weighted by molar-refractivity contribution is 0.0518. The van der Waals surface area contributed by atoms with Crippen LogP contribution in [0.2, 0.25) is 0 Å². The monoisotopic (exact) mass is 322 g/mol. The molecule has 22 heavy (non-hydrogen) atoms. The number of hydrogen-bond donors (Lipinski definition) is 1. The van der Waals surface area contributed by atoms with Crippen molar-refractivity contribution < 1.29 is 18.3 Å². The molecule has 0 spiro atoms. The van der Waals surface area contributed by atoms with Gasteiger partial charge in [0.15, 0.2) is 5.69 Å². The molecular formula is C15H18N2O4S. The van der Waals surface area contributed by atoms with Gasteiger partial charge in [-0.3, -0.25) is 8.74 Å². The molecule has 0 aliphatic heterocycles. The Morgan fingerprint density at radius 3 is 2.68 bits per heavy atom. The number of rotatable bonds is 6. The number of nitrogens with zero attached hydrogens (tertiary/aromatic N) is 2. The van der Waals surface area contributed by atoms with Crippen LogP contribution in [0.15, 0.2) is 47.8 Å². The molecule has 2 rings (SSSR count). The topological polar surface area (TPSA) is 81.5 Å². The number of benzene rings is 1. The first-order valence-corrected chi connectivity index (χ1v) is 8.64. The van der Waals surface area contributed by atoms with Gasteiger partial charge in [-0.25, -0.2) is 14.8 Å². The molecule has 0 aliphatic rings. The van der Waals surface area contributed by atoms with Crippen molar-refractivity contribution in [2.75, 3.05) is 12.9 Å². The predicted molar refractivity (Wildman–Crippen MR) is 83.6 cm³/mol. The van der Waals surface area contributed by atoms with Crippen LogP contribution in [0.25, 0.3) is 0 Å². The number of aromatic nitrogens is 2. The lowest BCUT2D eigenvalue weighted by atomic mass is 10.2. The third kappa shape index (κ3) is 4.27. The molecule has 0 radical (unpaired) electrons. The van der Waals surface area contributed by atoms with E-state index in [1.165, 1.54) is 18.5 Å². The molecule has 7 heteroatoms. The summed E-state index contributed by atoms with van der Waals surface area (Å²) >= 11 is 0. The molecule has 0 saturated carbocycles. The highest BCUT2D eigenvalue weighted by Crippen LogP contribution is 2.47. The Bertz CT molecular complexity index is 634. The van der Waals surface area contributed by atoms with E-state index in [0.717, 1.165) is 5.56 Å². The van der Waals surface area contributed by atoms with Crippen molar-refractivity contribution in [3.63, 3.8) is 0 Å². The van der Waals surface area contributed by atoms with Crippen molar-refractivity contribution in [3.05, 3.63) is 53.9 Å². The van der Waals surface area contributed by atoms with Crippen LogP contribution in [0.5, 0.6) is 0 Å². The van der Waals surface area contributed by atoms with E-state index in [1.54, 1.807) is 6.92 Å². The quantitative estimate of drug-likeness (QED) is 0.650. The molecule has 6 nitrogen and oxygen atoms in total. The Hall–Kier alpha value is -1.96. The second-order valence-electron chi connectivity index (χ2n) is 4.50. The molecule has 1 heterocycles. The summed E-state index contributed by atoms with van der Waals surface area (Å²) in [6.45, 7) is 2.20. The molecular weight excluding hydrogens is 304 g/mol. The second kappa shape index (κ2) is 7.35. The van der Waals surface area contributed by atoms with Gasteiger partial charge in [0.05, 0.1) is 13.2 Å². The summed E-state index contributed by atoms with van der Waals surface area (Å²) in [5.41, 5.74) is 1.03. The Morgan fingerprint density at radius 2 is 2.00 bits per heavy atom. The smallest absolute Gasteiger partial charge is 0.357 e. The number of ether oxygens (including phenoxy) is 1.